The summed E-state index contributed by atoms with van der Waals surface area (Å²) in [6.45, 7) is 1.76. The minimum absolute atomic E-state index is 0.0100. The molecule has 0 unspecified atom stereocenters. The van der Waals surface area contributed by atoms with Crippen molar-refractivity contribution in [3.8, 4) is 11.4 Å². The van der Waals surface area contributed by atoms with E-state index in [-0.39, 0.29) is 24.6 Å². The van der Waals surface area contributed by atoms with Crippen molar-refractivity contribution in [2.75, 3.05) is 20.2 Å². The second-order valence-corrected chi connectivity index (χ2v) is 10.4. The quantitative estimate of drug-likeness (QED) is 0.301. The van der Waals surface area contributed by atoms with Crippen molar-refractivity contribution in [1.29, 1.82) is 0 Å². The molecule has 0 N–H and O–H groups in total. The number of halogens is 3. The van der Waals surface area contributed by atoms with Gasteiger partial charge in [0.15, 0.2) is 17.5 Å². The fraction of sp³-hybridized carbons (Fsp3) is 0.308. The lowest BCUT2D eigenvalue weighted by molar-refractivity contribution is -0.137. The molecule has 38 heavy (non-hydrogen) atoms. The minimum atomic E-state index is -2.98. The maximum Gasteiger partial charge on any atom is 0.250 e. The second-order valence-electron chi connectivity index (χ2n) is 9.35. The highest BCUT2D eigenvalue weighted by atomic mass is 32.2. The fourth-order valence-electron chi connectivity index (χ4n) is 5.13. The van der Waals surface area contributed by atoms with Crippen molar-refractivity contribution in [3.63, 3.8) is 0 Å². The summed E-state index contributed by atoms with van der Waals surface area (Å²) in [5.74, 6) is -4.23. The lowest BCUT2D eigenvalue weighted by Gasteiger charge is -2.48. The molecule has 0 radical (unpaired) electrons. The van der Waals surface area contributed by atoms with E-state index in [4.69, 9.17) is 4.74 Å². The van der Waals surface area contributed by atoms with Gasteiger partial charge in [-0.15, -0.1) is 0 Å². The zero-order valence-electron chi connectivity index (χ0n) is 20.6. The molecule has 0 saturated carbocycles. The van der Waals surface area contributed by atoms with Gasteiger partial charge in [0.05, 0.1) is 30.9 Å². The molecule has 2 aliphatic heterocycles. The molecule has 2 atom stereocenters. The van der Waals surface area contributed by atoms with Crippen molar-refractivity contribution in [2.45, 2.75) is 31.8 Å². The Bertz CT molecular complexity index is 1490. The molecule has 3 aromatic rings. The van der Waals surface area contributed by atoms with Crippen molar-refractivity contribution < 1.29 is 31.1 Å². The third-order valence-electron chi connectivity index (χ3n) is 6.95. The van der Waals surface area contributed by atoms with Crippen molar-refractivity contribution >= 4 is 22.9 Å². The van der Waals surface area contributed by atoms with Crippen LogP contribution in [0.15, 0.2) is 48.4 Å². The number of rotatable bonds is 5. The number of hydrogen-bond acceptors (Lipinski definition) is 5. The SMILES string of the molecule is COc1cc(/C=C2\CC[C@H]3CN([SH](=O)=O)C[C@@H](c4cc(F)c(F)c(F)c4)N3C2=O)ccc1-n1cnc(C)c1. The summed E-state index contributed by atoms with van der Waals surface area (Å²) < 4.78 is 73.9. The van der Waals surface area contributed by atoms with Crippen LogP contribution in [0.3, 0.4) is 0 Å². The van der Waals surface area contributed by atoms with E-state index in [0.29, 0.717) is 29.7 Å². The summed E-state index contributed by atoms with van der Waals surface area (Å²) >= 11 is 0. The second kappa shape index (κ2) is 10.3. The molecule has 8 nitrogen and oxygen atoms in total. The molecular weight excluding hydrogens is 521 g/mol. The van der Waals surface area contributed by atoms with Crippen LogP contribution in [0.1, 0.15) is 35.7 Å². The van der Waals surface area contributed by atoms with Crippen molar-refractivity contribution in [2.24, 2.45) is 0 Å². The van der Waals surface area contributed by atoms with E-state index < -0.39 is 40.4 Å². The first kappa shape index (κ1) is 26.0. The minimum Gasteiger partial charge on any atom is -0.495 e. The number of nitrogens with zero attached hydrogens (tertiary/aromatic N) is 4. The van der Waals surface area contributed by atoms with Crippen molar-refractivity contribution in [1.82, 2.24) is 18.8 Å². The number of piperazine rings is 1. The number of carbonyl (C=O) groups is 1. The average Bonchev–Trinajstić information content (AvgIpc) is 3.33. The molecule has 2 fully saturated rings. The Morgan fingerprint density at radius 2 is 1.84 bits per heavy atom. The molecule has 200 valence electrons. The molecule has 0 aliphatic carbocycles. The maximum absolute atomic E-state index is 14.1. The third kappa shape index (κ3) is 4.81. The van der Waals surface area contributed by atoms with Crippen LogP contribution >= 0.6 is 0 Å². The number of methoxy groups -OCH3 is 1. The molecule has 1 amide bonds. The Balaban J connectivity index is 1.50. The largest absolute Gasteiger partial charge is 0.495 e. The van der Waals surface area contributed by atoms with Crippen LogP contribution in [0.5, 0.6) is 5.75 Å². The fourth-order valence-corrected chi connectivity index (χ4v) is 5.74. The average molecular weight is 547 g/mol. The first-order valence-electron chi connectivity index (χ1n) is 11.9. The highest BCUT2D eigenvalue weighted by Gasteiger charge is 2.43. The van der Waals surface area contributed by atoms with E-state index in [0.717, 1.165) is 27.8 Å². The van der Waals surface area contributed by atoms with Gasteiger partial charge in [0.2, 0.25) is 10.9 Å². The van der Waals surface area contributed by atoms with Gasteiger partial charge < -0.3 is 14.2 Å². The Kier molecular flexibility index (Phi) is 7.01. The van der Waals surface area contributed by atoms with E-state index in [1.807, 2.05) is 29.8 Å². The van der Waals surface area contributed by atoms with Gasteiger partial charge in [0, 0.05) is 30.9 Å². The first-order chi connectivity index (χ1) is 18.2. The van der Waals surface area contributed by atoms with Gasteiger partial charge in [-0.1, -0.05) is 6.07 Å². The smallest absolute Gasteiger partial charge is 0.250 e. The number of imidazole rings is 1. The molecule has 0 spiro atoms. The van der Waals surface area contributed by atoms with Gasteiger partial charge in [-0.3, -0.25) is 4.79 Å². The molecule has 1 aromatic heterocycles. The molecule has 3 heterocycles. The number of thiol groups is 1. The van der Waals surface area contributed by atoms with Gasteiger partial charge >= 0.3 is 0 Å². The molecule has 0 bridgehead atoms. The molecule has 12 heteroatoms. The molecule has 2 saturated heterocycles. The summed E-state index contributed by atoms with van der Waals surface area (Å²) in [6.07, 6.45) is 6.09. The predicted octanol–water partition coefficient (Wildman–Crippen LogP) is 3.56. The first-order valence-corrected chi connectivity index (χ1v) is 13.0. The molecular formula is C26H25F3N4O4S. The summed E-state index contributed by atoms with van der Waals surface area (Å²) in [5.41, 5.74) is 2.78. The van der Waals surface area contributed by atoms with Crippen LogP contribution in [0.25, 0.3) is 11.8 Å². The summed E-state index contributed by atoms with van der Waals surface area (Å²) in [7, 11) is -1.44. The number of amides is 1. The number of carbonyl (C=O) groups excluding carboxylic acids is 1. The lowest BCUT2D eigenvalue weighted by Crippen LogP contribution is -2.58. The maximum atomic E-state index is 14.1. The van der Waals surface area contributed by atoms with Gasteiger partial charge in [-0.2, -0.15) is 4.31 Å². The van der Waals surface area contributed by atoms with E-state index in [9.17, 15) is 26.4 Å². The van der Waals surface area contributed by atoms with Gasteiger partial charge in [-0.05, 0) is 61.2 Å². The van der Waals surface area contributed by atoms with Crippen LogP contribution in [0, 0.1) is 24.4 Å². The number of aromatic nitrogens is 2. The molecule has 2 aromatic carbocycles. The summed E-state index contributed by atoms with van der Waals surface area (Å²) in [5, 5.41) is 0. The highest BCUT2D eigenvalue weighted by Crippen LogP contribution is 2.38. The number of piperidine rings is 1. The van der Waals surface area contributed by atoms with Gasteiger partial charge in [-0.25, -0.2) is 26.6 Å². The van der Waals surface area contributed by atoms with E-state index >= 15 is 0 Å². The van der Waals surface area contributed by atoms with E-state index in [2.05, 4.69) is 4.98 Å². The molecule has 2 aliphatic rings. The van der Waals surface area contributed by atoms with Crippen LogP contribution in [-0.2, 0) is 15.7 Å². The van der Waals surface area contributed by atoms with Crippen LogP contribution in [0.2, 0.25) is 0 Å². The van der Waals surface area contributed by atoms with Crippen LogP contribution in [0.4, 0.5) is 13.2 Å². The molecule has 5 rings (SSSR count). The lowest BCUT2D eigenvalue weighted by atomic mass is 9.89. The monoisotopic (exact) mass is 546 g/mol. The topological polar surface area (TPSA) is 84.7 Å². The zero-order chi connectivity index (χ0) is 27.1. The Labute approximate surface area is 219 Å². The Morgan fingerprint density at radius 3 is 2.47 bits per heavy atom. The number of aryl methyl sites for hydroxylation is 1. The number of ether oxygens (including phenoxy) is 1. The van der Waals surface area contributed by atoms with Crippen LogP contribution in [-0.4, -0.2) is 59.3 Å². The highest BCUT2D eigenvalue weighted by molar-refractivity contribution is 7.69. The van der Waals surface area contributed by atoms with E-state index in [1.165, 1.54) is 4.90 Å². The third-order valence-corrected chi connectivity index (χ3v) is 7.74. The predicted molar refractivity (Wildman–Crippen MR) is 134 cm³/mol. The van der Waals surface area contributed by atoms with Crippen molar-refractivity contribution in [3.05, 3.63) is 82.7 Å². The van der Waals surface area contributed by atoms with Crippen LogP contribution < -0.4 is 4.74 Å². The van der Waals surface area contributed by atoms with E-state index in [1.54, 1.807) is 25.6 Å². The Morgan fingerprint density at radius 1 is 1.11 bits per heavy atom. The zero-order valence-corrected chi connectivity index (χ0v) is 21.5. The number of fused-ring (bicyclic) bond motifs is 1. The van der Waals surface area contributed by atoms with Gasteiger partial charge in [0.25, 0.3) is 5.91 Å². The number of hydrogen-bond donors (Lipinski definition) is 1. The van der Waals surface area contributed by atoms with Gasteiger partial charge in [0.1, 0.15) is 5.75 Å². The Hall–Kier alpha value is -3.64. The summed E-state index contributed by atoms with van der Waals surface area (Å²) in [6, 6.07) is 5.62. The standard InChI is InChI=1S/C26H25F3N4O4S/c1-15-11-31(14-30-15)22-6-3-16(8-24(22)37-2)7-17-4-5-19-12-32(38(35)36)13-23(33(19)26(17)34)18-9-20(27)25(29)21(28)10-18/h3,6-11,14,19,23,38H,4-5,12-13H2,1-2H3/b17-7+/t19-,23-/m0/s1. The number of benzene rings is 2. The normalized spacial score (nSPS) is 21.3. The summed E-state index contributed by atoms with van der Waals surface area (Å²) in [4.78, 5) is 19.4.